The number of unbranched alkanes of at least 4 members (excludes halogenated alkanes) is 2. The molecule has 6 N–H and O–H groups in total. The Morgan fingerprint density at radius 3 is 2.31 bits per heavy atom. The van der Waals surface area contributed by atoms with Crippen molar-refractivity contribution < 1.29 is 9.59 Å². The highest BCUT2D eigenvalue weighted by molar-refractivity contribution is 5.88. The fraction of sp³-hybridized carbons (Fsp3) is 0.318. The Balaban J connectivity index is 2.01. The molecular formula is C22H29N5O2. The Hall–Kier alpha value is -3.35. The van der Waals surface area contributed by atoms with Crippen LogP contribution in [0.2, 0.25) is 0 Å². The number of benzene rings is 2. The van der Waals surface area contributed by atoms with Crippen molar-refractivity contribution in [3.8, 4) is 0 Å². The van der Waals surface area contributed by atoms with Gasteiger partial charge in [-0.15, -0.1) is 0 Å². The standard InChI is InChI=1S/C22H29N5O2/c1-2-3-5-10-19(28)27-20(17-8-6-4-7-9-17)21(29)25-15-16-11-13-18(14-12-16)26-22(23)24/h4,6-9,11-14,20H,2-3,5,10,15H2,1H3,(H,25,29)(H,27,28)(H4,23,24,26)/t20-/m0/s1. The van der Waals surface area contributed by atoms with Gasteiger partial charge in [-0.2, -0.15) is 0 Å². The summed E-state index contributed by atoms with van der Waals surface area (Å²) >= 11 is 0. The quantitative estimate of drug-likeness (QED) is 0.280. The molecule has 2 aromatic rings. The number of carbonyl (C=O) groups excluding carboxylic acids is 2. The summed E-state index contributed by atoms with van der Waals surface area (Å²) in [5.41, 5.74) is 13.0. The molecule has 0 saturated heterocycles. The highest BCUT2D eigenvalue weighted by Crippen LogP contribution is 2.15. The summed E-state index contributed by atoms with van der Waals surface area (Å²) in [6.45, 7) is 2.41. The summed E-state index contributed by atoms with van der Waals surface area (Å²) in [4.78, 5) is 29.1. The first-order valence-electron chi connectivity index (χ1n) is 9.80. The van der Waals surface area contributed by atoms with E-state index in [2.05, 4.69) is 22.5 Å². The van der Waals surface area contributed by atoms with Crippen molar-refractivity contribution >= 4 is 23.5 Å². The summed E-state index contributed by atoms with van der Waals surface area (Å²) < 4.78 is 0. The SMILES string of the molecule is CCCCCC(=O)N[C@H](C(=O)NCc1ccc(N=C(N)N)cc1)c1ccccc1. The van der Waals surface area contributed by atoms with Crippen LogP contribution in [0.1, 0.15) is 49.8 Å². The Bertz CT molecular complexity index is 815. The lowest BCUT2D eigenvalue weighted by Gasteiger charge is -2.19. The van der Waals surface area contributed by atoms with Crippen LogP contribution in [0.4, 0.5) is 5.69 Å². The van der Waals surface area contributed by atoms with E-state index in [1.54, 1.807) is 12.1 Å². The van der Waals surface area contributed by atoms with Crippen molar-refractivity contribution in [3.63, 3.8) is 0 Å². The molecule has 0 aliphatic carbocycles. The van der Waals surface area contributed by atoms with E-state index in [-0.39, 0.29) is 17.8 Å². The summed E-state index contributed by atoms with van der Waals surface area (Å²) in [6.07, 6.45) is 3.26. The van der Waals surface area contributed by atoms with Gasteiger partial charge in [-0.1, -0.05) is 62.2 Å². The van der Waals surface area contributed by atoms with Crippen LogP contribution in [0.15, 0.2) is 59.6 Å². The van der Waals surface area contributed by atoms with Crippen LogP contribution < -0.4 is 22.1 Å². The van der Waals surface area contributed by atoms with Crippen LogP contribution in [0.5, 0.6) is 0 Å². The summed E-state index contributed by atoms with van der Waals surface area (Å²) in [5.74, 6) is -0.385. The van der Waals surface area contributed by atoms with E-state index in [4.69, 9.17) is 11.5 Å². The molecule has 0 unspecified atom stereocenters. The molecule has 0 spiro atoms. The molecule has 0 radical (unpaired) electrons. The maximum absolute atomic E-state index is 12.8. The van der Waals surface area contributed by atoms with Crippen molar-refractivity contribution in [2.75, 3.05) is 0 Å². The van der Waals surface area contributed by atoms with Gasteiger partial charge in [0.05, 0.1) is 5.69 Å². The number of hydrogen-bond acceptors (Lipinski definition) is 3. The van der Waals surface area contributed by atoms with E-state index < -0.39 is 6.04 Å². The summed E-state index contributed by atoms with van der Waals surface area (Å²) in [7, 11) is 0. The normalized spacial score (nSPS) is 11.3. The number of amides is 2. The average molecular weight is 396 g/mol. The number of rotatable bonds is 10. The molecule has 7 nitrogen and oxygen atoms in total. The van der Waals surface area contributed by atoms with E-state index in [1.165, 1.54) is 0 Å². The zero-order valence-corrected chi connectivity index (χ0v) is 16.7. The van der Waals surface area contributed by atoms with Crippen LogP contribution in [-0.4, -0.2) is 17.8 Å². The highest BCUT2D eigenvalue weighted by Gasteiger charge is 2.22. The first-order valence-corrected chi connectivity index (χ1v) is 9.80. The fourth-order valence-corrected chi connectivity index (χ4v) is 2.84. The second-order valence-corrected chi connectivity index (χ2v) is 6.79. The third kappa shape index (κ3) is 7.65. The van der Waals surface area contributed by atoms with E-state index in [0.717, 1.165) is 30.4 Å². The number of carbonyl (C=O) groups is 2. The Labute approximate surface area is 171 Å². The minimum Gasteiger partial charge on any atom is -0.370 e. The first kappa shape index (κ1) is 21.9. The lowest BCUT2D eigenvalue weighted by molar-refractivity contribution is -0.129. The Morgan fingerprint density at radius 1 is 1.00 bits per heavy atom. The molecule has 2 aromatic carbocycles. The zero-order valence-electron chi connectivity index (χ0n) is 16.7. The molecule has 0 aliphatic rings. The predicted molar refractivity (Wildman–Crippen MR) is 115 cm³/mol. The van der Waals surface area contributed by atoms with Gasteiger partial charge in [0, 0.05) is 13.0 Å². The van der Waals surface area contributed by atoms with Crippen LogP contribution in [0.25, 0.3) is 0 Å². The monoisotopic (exact) mass is 395 g/mol. The molecule has 0 aliphatic heterocycles. The second kappa shape index (κ2) is 11.5. The fourth-order valence-electron chi connectivity index (χ4n) is 2.84. The lowest BCUT2D eigenvalue weighted by Crippen LogP contribution is -2.40. The molecule has 1 atom stereocenters. The van der Waals surface area contributed by atoms with Crippen molar-refractivity contribution in [2.24, 2.45) is 16.5 Å². The summed E-state index contributed by atoms with van der Waals surface area (Å²) in [6, 6.07) is 15.7. The molecule has 0 aromatic heterocycles. The molecule has 0 fully saturated rings. The van der Waals surface area contributed by atoms with Crippen LogP contribution in [-0.2, 0) is 16.1 Å². The molecule has 29 heavy (non-hydrogen) atoms. The molecule has 2 amide bonds. The molecule has 0 heterocycles. The van der Waals surface area contributed by atoms with E-state index in [9.17, 15) is 9.59 Å². The molecule has 2 rings (SSSR count). The number of nitrogens with two attached hydrogens (primary N) is 2. The van der Waals surface area contributed by atoms with Crippen LogP contribution >= 0.6 is 0 Å². The molecular weight excluding hydrogens is 366 g/mol. The van der Waals surface area contributed by atoms with Gasteiger partial charge in [0.15, 0.2) is 5.96 Å². The Kier molecular flexibility index (Phi) is 8.69. The molecule has 0 saturated carbocycles. The minimum absolute atomic E-state index is 0.00793. The largest absolute Gasteiger partial charge is 0.370 e. The van der Waals surface area contributed by atoms with Gasteiger partial charge in [-0.25, -0.2) is 4.99 Å². The van der Waals surface area contributed by atoms with E-state index >= 15 is 0 Å². The van der Waals surface area contributed by atoms with Crippen molar-refractivity contribution in [2.45, 2.75) is 45.2 Å². The van der Waals surface area contributed by atoms with Crippen molar-refractivity contribution in [1.82, 2.24) is 10.6 Å². The van der Waals surface area contributed by atoms with Gasteiger partial charge >= 0.3 is 0 Å². The van der Waals surface area contributed by atoms with Crippen molar-refractivity contribution in [1.29, 1.82) is 0 Å². The van der Waals surface area contributed by atoms with Gasteiger partial charge in [0.2, 0.25) is 11.8 Å². The number of nitrogens with one attached hydrogen (secondary N) is 2. The average Bonchev–Trinajstić information content (AvgIpc) is 2.72. The highest BCUT2D eigenvalue weighted by atomic mass is 16.2. The lowest BCUT2D eigenvalue weighted by atomic mass is 10.1. The van der Waals surface area contributed by atoms with E-state index in [0.29, 0.717) is 18.7 Å². The maximum Gasteiger partial charge on any atom is 0.247 e. The van der Waals surface area contributed by atoms with Crippen LogP contribution in [0, 0.1) is 0 Å². The zero-order chi connectivity index (χ0) is 21.1. The number of guanidine groups is 1. The van der Waals surface area contributed by atoms with Gasteiger partial charge in [0.25, 0.3) is 0 Å². The molecule has 7 heteroatoms. The van der Waals surface area contributed by atoms with Gasteiger partial charge < -0.3 is 22.1 Å². The number of aliphatic imine (C=N–C) groups is 1. The van der Waals surface area contributed by atoms with Crippen LogP contribution in [0.3, 0.4) is 0 Å². The number of hydrogen-bond donors (Lipinski definition) is 4. The third-order valence-corrected chi connectivity index (χ3v) is 4.37. The first-order chi connectivity index (χ1) is 14.0. The smallest absolute Gasteiger partial charge is 0.247 e. The Morgan fingerprint density at radius 2 is 1.69 bits per heavy atom. The summed E-state index contributed by atoms with van der Waals surface area (Å²) in [5, 5.41) is 5.75. The number of nitrogens with zero attached hydrogens (tertiary/aromatic N) is 1. The second-order valence-electron chi connectivity index (χ2n) is 6.79. The predicted octanol–water partition coefficient (Wildman–Crippen LogP) is 2.65. The van der Waals surface area contributed by atoms with Gasteiger partial charge in [0.1, 0.15) is 6.04 Å². The molecule has 154 valence electrons. The third-order valence-electron chi connectivity index (χ3n) is 4.37. The van der Waals surface area contributed by atoms with E-state index in [1.807, 2.05) is 42.5 Å². The minimum atomic E-state index is -0.730. The molecule has 0 bridgehead atoms. The van der Waals surface area contributed by atoms with Crippen molar-refractivity contribution in [3.05, 3.63) is 65.7 Å². The van der Waals surface area contributed by atoms with Gasteiger partial charge in [-0.05, 0) is 29.7 Å². The van der Waals surface area contributed by atoms with Gasteiger partial charge in [-0.3, -0.25) is 9.59 Å². The maximum atomic E-state index is 12.8. The topological polar surface area (TPSA) is 123 Å².